The third kappa shape index (κ3) is 4.25. The molecule has 0 aliphatic heterocycles. The van der Waals surface area contributed by atoms with Gasteiger partial charge in [-0.2, -0.15) is 0 Å². The van der Waals surface area contributed by atoms with E-state index in [0.717, 1.165) is 0 Å². The fourth-order valence-electron chi connectivity index (χ4n) is 1.85. The second kappa shape index (κ2) is 8.44. The SMILES string of the molecule is O=[N+]([O-])C(C[CH2][Hg][CH2]CC([N+](=O)[O-])([N+](=O)[O-])[N+](=O)[O-])([N+](=O)[O-])[N+](=O)[O-]. The van der Waals surface area contributed by atoms with Crippen LogP contribution in [0.5, 0.6) is 0 Å². The maximum atomic E-state index is 10.7. The van der Waals surface area contributed by atoms with E-state index in [-0.39, 0.29) is 7.86 Å². The van der Waals surface area contributed by atoms with E-state index in [1.165, 1.54) is 0 Å². The molecule has 0 N–H and O–H groups in total. The maximum absolute atomic E-state index is 10.7. The van der Waals surface area contributed by atoms with E-state index in [1.807, 2.05) is 0 Å². The van der Waals surface area contributed by atoms with Gasteiger partial charge in [0.15, 0.2) is 0 Å². The van der Waals surface area contributed by atoms with Gasteiger partial charge in [0.2, 0.25) is 0 Å². The number of hydrogen-bond donors (Lipinski definition) is 0. The Bertz CT molecular complexity index is 497. The van der Waals surface area contributed by atoms with Crippen molar-refractivity contribution in [1.82, 2.24) is 0 Å². The molecular weight excluding hydrogens is 549 g/mol. The zero-order valence-electron chi connectivity index (χ0n) is 12.1. The average Bonchev–Trinajstić information content (AvgIpc) is 2.44. The molecule has 25 heavy (non-hydrogen) atoms. The topological polar surface area (TPSA) is 259 Å². The quantitative estimate of drug-likeness (QED) is 0.0981. The normalized spacial score (nSPS) is 11.2. The molecule has 0 unspecified atom stereocenters. The van der Waals surface area contributed by atoms with Crippen molar-refractivity contribution in [2.75, 3.05) is 0 Å². The van der Waals surface area contributed by atoms with Crippen LogP contribution < -0.4 is 0 Å². The predicted octanol–water partition coefficient (Wildman–Crippen LogP) is -0.346. The molecule has 0 aliphatic rings. The molecule has 0 bridgehead atoms. The van der Waals surface area contributed by atoms with E-state index >= 15 is 0 Å². The molecule has 18 nitrogen and oxygen atoms in total. The third-order valence-corrected chi connectivity index (χ3v) is 9.92. The van der Waals surface area contributed by atoms with Gasteiger partial charge in [0.25, 0.3) is 0 Å². The van der Waals surface area contributed by atoms with Crippen molar-refractivity contribution in [1.29, 1.82) is 0 Å². The fraction of sp³-hybridized carbons (Fsp3) is 1.00. The van der Waals surface area contributed by atoms with E-state index < -0.39 is 78.5 Å². The van der Waals surface area contributed by atoms with E-state index in [0.29, 0.717) is 0 Å². The molecule has 19 heteroatoms. The monoisotopic (exact) mass is 558 g/mol. The Balaban J connectivity index is 5.02. The van der Waals surface area contributed by atoms with Gasteiger partial charge >= 0.3 is 147 Å². The summed E-state index contributed by atoms with van der Waals surface area (Å²) < 4.78 is -0.738. The first-order valence-corrected chi connectivity index (χ1v) is 14.0. The van der Waals surface area contributed by atoms with E-state index in [2.05, 4.69) is 0 Å². The van der Waals surface area contributed by atoms with Crippen LogP contribution in [0.15, 0.2) is 0 Å². The Morgan fingerprint density at radius 2 is 0.720 bits per heavy atom. The van der Waals surface area contributed by atoms with Gasteiger partial charge in [-0.1, -0.05) is 0 Å². The standard InChI is InChI=1S/2C3H4N3O6.Hg/c2*1-2-3(4(7)8,5(9)10)6(11)12;/h2*1-2H2;. The van der Waals surface area contributed by atoms with Crippen molar-refractivity contribution in [2.45, 2.75) is 32.3 Å². The van der Waals surface area contributed by atoms with Gasteiger partial charge in [0.05, 0.1) is 0 Å². The number of nitrogens with zero attached hydrogens (tertiary/aromatic N) is 6. The van der Waals surface area contributed by atoms with Gasteiger partial charge in [-0.15, -0.1) is 0 Å². The predicted molar refractivity (Wildman–Crippen MR) is 66.3 cm³/mol. The first-order valence-electron chi connectivity index (χ1n) is 6.24. The Hall–Kier alpha value is -2.66. The van der Waals surface area contributed by atoms with Gasteiger partial charge < -0.3 is 0 Å². The summed E-state index contributed by atoms with van der Waals surface area (Å²) in [5.41, 5.74) is 0. The average molecular weight is 557 g/mol. The van der Waals surface area contributed by atoms with Crippen molar-refractivity contribution in [2.24, 2.45) is 0 Å². The van der Waals surface area contributed by atoms with E-state index in [1.54, 1.807) is 0 Å². The molecule has 0 rings (SSSR count). The summed E-state index contributed by atoms with van der Waals surface area (Å²) in [6.45, 7) is 0. The van der Waals surface area contributed by atoms with Crippen molar-refractivity contribution in [3.8, 4) is 0 Å². The summed E-state index contributed by atoms with van der Waals surface area (Å²) in [7, 11) is 0. The van der Waals surface area contributed by atoms with Crippen molar-refractivity contribution in [3.05, 3.63) is 60.7 Å². The molecule has 0 aliphatic carbocycles. The molecule has 0 aromatic carbocycles. The number of rotatable bonds is 12. The molecule has 0 spiro atoms. The molecule has 0 heterocycles. The fourth-order valence-corrected chi connectivity index (χ4v) is 8.86. The molecule has 0 saturated carbocycles. The molecule has 0 saturated heterocycles. The summed E-state index contributed by atoms with van der Waals surface area (Å²) in [6.07, 6.45) is -2.21. The summed E-state index contributed by atoms with van der Waals surface area (Å²) >= 11 is -2.57. The zero-order valence-corrected chi connectivity index (χ0v) is 17.6. The number of nitro groups is 6. The zero-order chi connectivity index (χ0) is 20.0. The summed E-state index contributed by atoms with van der Waals surface area (Å²) in [4.78, 5) is 53.9. The summed E-state index contributed by atoms with van der Waals surface area (Å²) in [5.74, 6) is -7.35. The molecule has 0 radical (unpaired) electrons. The Kier molecular flexibility index (Phi) is 7.54. The van der Waals surface area contributed by atoms with Crippen LogP contribution in [0.25, 0.3) is 0 Å². The first kappa shape index (κ1) is 22.3. The van der Waals surface area contributed by atoms with Gasteiger partial charge in [-0.3, -0.25) is 0 Å². The first-order chi connectivity index (χ1) is 11.4. The molecular formula is C6H8HgN6O12. The van der Waals surface area contributed by atoms with Gasteiger partial charge in [-0.25, -0.2) is 0 Å². The second-order valence-corrected chi connectivity index (χ2v) is 12.9. The van der Waals surface area contributed by atoms with E-state index in [4.69, 9.17) is 0 Å². The molecule has 0 aromatic rings. The Morgan fingerprint density at radius 1 is 0.520 bits per heavy atom. The molecule has 136 valence electrons. The van der Waals surface area contributed by atoms with E-state index in [9.17, 15) is 60.7 Å². The van der Waals surface area contributed by atoms with Crippen LogP contribution in [-0.4, -0.2) is 41.1 Å². The Labute approximate surface area is 147 Å². The minimum absolute atomic E-state index is 0.369. The van der Waals surface area contributed by atoms with Crippen molar-refractivity contribution >= 4 is 0 Å². The van der Waals surface area contributed by atoms with Gasteiger partial charge in [0, 0.05) is 0 Å². The number of hydrogen-bond acceptors (Lipinski definition) is 12. The summed E-state index contributed by atoms with van der Waals surface area (Å²) in [5, 5.41) is 64.0. The molecule has 0 atom stereocenters. The summed E-state index contributed by atoms with van der Waals surface area (Å²) in [6, 6.07) is 0. The minimum atomic E-state index is -3.67. The third-order valence-electron chi connectivity index (χ3n) is 3.28. The van der Waals surface area contributed by atoms with Crippen molar-refractivity contribution in [3.63, 3.8) is 0 Å². The van der Waals surface area contributed by atoms with Crippen LogP contribution in [0.1, 0.15) is 12.8 Å². The molecule has 0 amide bonds. The van der Waals surface area contributed by atoms with Gasteiger partial charge in [-0.05, 0) is 0 Å². The van der Waals surface area contributed by atoms with Crippen LogP contribution in [0, 0.1) is 60.7 Å². The Morgan fingerprint density at radius 3 is 0.880 bits per heavy atom. The molecule has 0 fully saturated rings. The van der Waals surface area contributed by atoms with Crippen LogP contribution in [0.4, 0.5) is 0 Å². The molecule has 0 aromatic heterocycles. The van der Waals surface area contributed by atoms with Crippen LogP contribution in [0.3, 0.4) is 0 Å². The van der Waals surface area contributed by atoms with Crippen LogP contribution in [0.2, 0.25) is 7.86 Å². The van der Waals surface area contributed by atoms with Crippen LogP contribution >= 0.6 is 0 Å². The second-order valence-electron chi connectivity index (χ2n) is 4.65. The van der Waals surface area contributed by atoms with Crippen LogP contribution in [-0.2, 0) is 24.6 Å². The van der Waals surface area contributed by atoms with Gasteiger partial charge in [0.1, 0.15) is 0 Å². The van der Waals surface area contributed by atoms with Crippen molar-refractivity contribution < 1.29 is 54.1 Å².